The van der Waals surface area contributed by atoms with Crippen LogP contribution < -0.4 is 9.47 Å². The maximum absolute atomic E-state index is 12.3. The maximum atomic E-state index is 12.3. The first-order chi connectivity index (χ1) is 16.5. The number of carbonyl (C=O) groups excluding carboxylic acids is 2. The minimum absolute atomic E-state index is 0.0322. The maximum Gasteiger partial charge on any atom is 0.343 e. The molecular weight excluding hydrogens is 428 g/mol. The van der Waals surface area contributed by atoms with Gasteiger partial charge in [0.25, 0.3) is 0 Å². The summed E-state index contributed by atoms with van der Waals surface area (Å²) in [5.74, 6) is 0.564. The predicted molar refractivity (Wildman–Crippen MR) is 135 cm³/mol. The third-order valence-electron chi connectivity index (χ3n) is 5.65. The van der Waals surface area contributed by atoms with Gasteiger partial charge in [0.15, 0.2) is 0 Å². The van der Waals surface area contributed by atoms with E-state index in [2.05, 4.69) is 13.5 Å². The molecule has 0 saturated heterocycles. The van der Waals surface area contributed by atoms with Crippen LogP contribution in [0.1, 0.15) is 80.6 Å². The molecule has 0 aliphatic rings. The van der Waals surface area contributed by atoms with Crippen LogP contribution in [0.15, 0.2) is 61.2 Å². The van der Waals surface area contributed by atoms with Crippen LogP contribution >= 0.6 is 0 Å². The van der Waals surface area contributed by atoms with Crippen molar-refractivity contribution in [3.8, 4) is 11.5 Å². The third kappa shape index (κ3) is 10.2. The highest BCUT2D eigenvalue weighted by Gasteiger charge is 2.13. The Balaban J connectivity index is 1.67. The van der Waals surface area contributed by atoms with Crippen LogP contribution in [0.25, 0.3) is 0 Å². The molecule has 0 saturated carbocycles. The van der Waals surface area contributed by atoms with Gasteiger partial charge < -0.3 is 14.2 Å². The van der Waals surface area contributed by atoms with Crippen LogP contribution in [0, 0.1) is 6.92 Å². The molecule has 0 heterocycles. The van der Waals surface area contributed by atoms with Gasteiger partial charge in [-0.2, -0.15) is 0 Å². The van der Waals surface area contributed by atoms with E-state index in [4.69, 9.17) is 14.2 Å². The largest absolute Gasteiger partial charge is 0.494 e. The van der Waals surface area contributed by atoms with Crippen LogP contribution in [-0.2, 0) is 9.53 Å². The van der Waals surface area contributed by atoms with E-state index in [-0.39, 0.29) is 18.0 Å². The van der Waals surface area contributed by atoms with Crippen LogP contribution in [0.4, 0.5) is 0 Å². The van der Waals surface area contributed by atoms with Crippen molar-refractivity contribution in [1.82, 2.24) is 0 Å². The average Bonchev–Trinajstić information content (AvgIpc) is 2.85. The summed E-state index contributed by atoms with van der Waals surface area (Å²) >= 11 is 0. The molecule has 5 heteroatoms. The molecule has 0 radical (unpaired) electrons. The highest BCUT2D eigenvalue weighted by atomic mass is 16.5. The smallest absolute Gasteiger partial charge is 0.343 e. The lowest BCUT2D eigenvalue weighted by Gasteiger charge is -2.17. The summed E-state index contributed by atoms with van der Waals surface area (Å²) in [6.45, 7) is 8.18. The number of benzene rings is 2. The number of rotatable bonds is 16. The van der Waals surface area contributed by atoms with Crippen molar-refractivity contribution < 1.29 is 23.8 Å². The zero-order valence-corrected chi connectivity index (χ0v) is 20.6. The van der Waals surface area contributed by atoms with Gasteiger partial charge in [-0.25, -0.2) is 9.59 Å². The van der Waals surface area contributed by atoms with Gasteiger partial charge >= 0.3 is 11.9 Å². The number of hydrogen-bond donors (Lipinski definition) is 0. The first kappa shape index (κ1) is 27.2. The molecular formula is C29H38O5. The molecule has 0 aliphatic carbocycles. The van der Waals surface area contributed by atoms with Crippen molar-refractivity contribution in [3.05, 3.63) is 72.3 Å². The summed E-state index contributed by atoms with van der Waals surface area (Å²) in [6, 6.07) is 14.4. The van der Waals surface area contributed by atoms with E-state index < -0.39 is 0 Å². The Bertz CT molecular complexity index is 888. The highest BCUT2D eigenvalue weighted by Crippen LogP contribution is 2.20. The quantitative estimate of drug-likeness (QED) is 0.113. The number of esters is 2. The molecule has 184 valence electrons. The minimum atomic E-state index is -0.387. The van der Waals surface area contributed by atoms with E-state index in [1.807, 2.05) is 25.1 Å². The first-order valence-electron chi connectivity index (χ1n) is 12.4. The Morgan fingerprint density at radius 2 is 1.59 bits per heavy atom. The Hall–Kier alpha value is -3.08. The summed E-state index contributed by atoms with van der Waals surface area (Å²) in [5.41, 5.74) is 1.40. The Morgan fingerprint density at radius 1 is 0.912 bits per heavy atom. The van der Waals surface area contributed by atoms with Gasteiger partial charge in [0.2, 0.25) is 0 Å². The van der Waals surface area contributed by atoms with Gasteiger partial charge in [-0.3, -0.25) is 0 Å². The molecule has 2 aromatic rings. The number of carbonyl (C=O) groups is 2. The number of para-hydroxylation sites is 1. The molecule has 2 aromatic carbocycles. The van der Waals surface area contributed by atoms with Crippen LogP contribution in [0.2, 0.25) is 0 Å². The number of hydrogen-bond acceptors (Lipinski definition) is 5. The van der Waals surface area contributed by atoms with E-state index in [0.29, 0.717) is 17.9 Å². The fourth-order valence-electron chi connectivity index (χ4n) is 3.63. The molecule has 1 atom stereocenters. The molecule has 0 spiro atoms. The Labute approximate surface area is 204 Å². The summed E-state index contributed by atoms with van der Waals surface area (Å²) < 4.78 is 16.8. The third-order valence-corrected chi connectivity index (χ3v) is 5.65. The second-order valence-corrected chi connectivity index (χ2v) is 8.49. The number of unbranched alkanes of at least 4 members (excludes halogenated alkanes) is 5. The predicted octanol–water partition coefficient (Wildman–Crippen LogP) is 7.22. The van der Waals surface area contributed by atoms with Crippen molar-refractivity contribution in [2.75, 3.05) is 6.61 Å². The summed E-state index contributed by atoms with van der Waals surface area (Å²) in [6.07, 6.45) is 10.5. The fourth-order valence-corrected chi connectivity index (χ4v) is 3.63. The molecule has 2 rings (SSSR count). The van der Waals surface area contributed by atoms with Gasteiger partial charge in [0.05, 0.1) is 12.2 Å². The van der Waals surface area contributed by atoms with Crippen LogP contribution in [0.3, 0.4) is 0 Å². The molecule has 0 amide bonds. The fraction of sp³-hybridized carbons (Fsp3) is 0.448. The average molecular weight is 467 g/mol. The molecule has 1 unspecified atom stereocenters. The van der Waals surface area contributed by atoms with Crippen molar-refractivity contribution >= 4 is 11.9 Å². The minimum Gasteiger partial charge on any atom is -0.494 e. The monoisotopic (exact) mass is 466 g/mol. The van der Waals surface area contributed by atoms with E-state index in [9.17, 15) is 9.59 Å². The Morgan fingerprint density at radius 3 is 2.24 bits per heavy atom. The van der Waals surface area contributed by atoms with E-state index in [0.717, 1.165) is 49.8 Å². The summed E-state index contributed by atoms with van der Waals surface area (Å²) in [7, 11) is 0. The van der Waals surface area contributed by atoms with Crippen molar-refractivity contribution in [3.63, 3.8) is 0 Å². The Kier molecular flexibility index (Phi) is 12.5. The summed E-state index contributed by atoms with van der Waals surface area (Å²) in [4.78, 5) is 23.9. The van der Waals surface area contributed by atoms with Crippen LogP contribution in [0.5, 0.6) is 11.5 Å². The lowest BCUT2D eigenvalue weighted by Crippen LogP contribution is -2.17. The highest BCUT2D eigenvalue weighted by molar-refractivity contribution is 5.91. The van der Waals surface area contributed by atoms with Gasteiger partial charge in [-0.05, 0) is 81.3 Å². The molecule has 0 bridgehead atoms. The number of aryl methyl sites for hydroxylation is 1. The zero-order chi connectivity index (χ0) is 24.6. The van der Waals surface area contributed by atoms with Gasteiger partial charge in [0, 0.05) is 6.08 Å². The first-order valence-corrected chi connectivity index (χ1v) is 12.4. The second kappa shape index (κ2) is 15.7. The molecule has 5 nitrogen and oxygen atoms in total. The van der Waals surface area contributed by atoms with Crippen molar-refractivity contribution in [2.45, 2.75) is 77.7 Å². The van der Waals surface area contributed by atoms with Crippen LogP contribution in [-0.4, -0.2) is 24.6 Å². The van der Waals surface area contributed by atoms with Gasteiger partial charge in [0.1, 0.15) is 17.6 Å². The molecule has 0 aliphatic heterocycles. The normalized spacial score (nSPS) is 11.5. The topological polar surface area (TPSA) is 61.8 Å². The zero-order valence-electron chi connectivity index (χ0n) is 20.6. The lowest BCUT2D eigenvalue weighted by molar-refractivity contribution is -0.143. The molecule has 0 fully saturated rings. The summed E-state index contributed by atoms with van der Waals surface area (Å²) in [5, 5.41) is 0. The standard InChI is InChI=1S/C29H38O5/c1-4-6-7-9-15-26(33-28(30)5-2)16-10-8-13-22-32-25-20-18-24(19-21-25)29(31)34-27-17-12-11-14-23(27)3/h5,11-12,14,17-21,26H,2,4,6-10,13,15-16,22H2,1,3H3. The van der Waals surface area contributed by atoms with E-state index >= 15 is 0 Å². The number of ether oxygens (including phenoxy) is 3. The van der Waals surface area contributed by atoms with Crippen molar-refractivity contribution in [2.24, 2.45) is 0 Å². The van der Waals surface area contributed by atoms with E-state index in [1.165, 1.54) is 25.3 Å². The van der Waals surface area contributed by atoms with Gasteiger partial charge in [-0.15, -0.1) is 0 Å². The van der Waals surface area contributed by atoms with Gasteiger partial charge in [-0.1, -0.05) is 51.0 Å². The molecule has 34 heavy (non-hydrogen) atoms. The molecule has 0 aromatic heterocycles. The lowest BCUT2D eigenvalue weighted by atomic mass is 10.0. The SMILES string of the molecule is C=CC(=O)OC(CCCCCC)CCCCCOc1ccc(C(=O)Oc2ccccc2C)cc1. The second-order valence-electron chi connectivity index (χ2n) is 8.49. The van der Waals surface area contributed by atoms with E-state index in [1.54, 1.807) is 30.3 Å². The van der Waals surface area contributed by atoms with Crippen molar-refractivity contribution in [1.29, 1.82) is 0 Å². The molecule has 0 N–H and O–H groups in total.